The molecule has 4 nitrogen and oxygen atoms in total. The van der Waals surface area contributed by atoms with Gasteiger partial charge < -0.3 is 5.32 Å². The summed E-state index contributed by atoms with van der Waals surface area (Å²) < 4.78 is 0. The highest BCUT2D eigenvalue weighted by molar-refractivity contribution is 4.97. The Morgan fingerprint density at radius 3 is 2.69 bits per heavy atom. The first-order valence-corrected chi connectivity index (χ1v) is 4.87. The van der Waals surface area contributed by atoms with Gasteiger partial charge >= 0.3 is 0 Å². The molecule has 0 bridgehead atoms. The quantitative estimate of drug-likeness (QED) is 0.719. The molecular formula is C9H16N4. The Kier molecular flexibility index (Phi) is 2.31. The van der Waals surface area contributed by atoms with E-state index in [4.69, 9.17) is 0 Å². The topological polar surface area (TPSA) is 53.6 Å². The molecule has 0 aromatic carbocycles. The fourth-order valence-electron chi connectivity index (χ4n) is 1.43. The summed E-state index contributed by atoms with van der Waals surface area (Å²) in [4.78, 5) is 4.44. The monoisotopic (exact) mass is 180 g/mol. The van der Waals surface area contributed by atoms with Gasteiger partial charge in [-0.1, -0.05) is 13.8 Å². The first-order chi connectivity index (χ1) is 6.25. The lowest BCUT2D eigenvalue weighted by atomic mass is 9.99. The number of nitrogens with one attached hydrogen (secondary N) is 2. The van der Waals surface area contributed by atoms with Gasteiger partial charge in [0, 0.05) is 12.3 Å². The van der Waals surface area contributed by atoms with Crippen molar-refractivity contribution in [2.45, 2.75) is 26.2 Å². The summed E-state index contributed by atoms with van der Waals surface area (Å²) in [6, 6.07) is 0. The minimum atomic E-state index is 0.421. The zero-order valence-electron chi connectivity index (χ0n) is 8.17. The molecule has 0 atom stereocenters. The molecule has 0 radical (unpaired) electrons. The van der Waals surface area contributed by atoms with Crippen LogP contribution in [0.25, 0.3) is 0 Å². The van der Waals surface area contributed by atoms with Crippen LogP contribution < -0.4 is 5.32 Å². The third kappa shape index (κ3) is 1.88. The Labute approximate surface area is 78.1 Å². The van der Waals surface area contributed by atoms with Gasteiger partial charge in [-0.05, 0) is 19.0 Å². The fourth-order valence-corrected chi connectivity index (χ4v) is 1.43. The molecule has 72 valence electrons. The number of hydrogen-bond donors (Lipinski definition) is 2. The molecule has 0 spiro atoms. The van der Waals surface area contributed by atoms with Crippen LogP contribution in [0.4, 0.5) is 0 Å². The van der Waals surface area contributed by atoms with Gasteiger partial charge in [0.25, 0.3) is 0 Å². The number of rotatable bonds is 3. The minimum Gasteiger partial charge on any atom is -0.316 e. The molecule has 2 heterocycles. The second kappa shape index (κ2) is 3.46. The van der Waals surface area contributed by atoms with Gasteiger partial charge in [0.15, 0.2) is 5.82 Å². The standard InChI is InChI=1S/C9H16N4/c1-6(2)9-11-8(12-13-9)3-7-4-10-5-7/h6-7,10H,3-5H2,1-2H3,(H,11,12,13). The average molecular weight is 180 g/mol. The lowest BCUT2D eigenvalue weighted by Gasteiger charge is -2.25. The number of nitrogens with zero attached hydrogens (tertiary/aromatic N) is 2. The molecule has 2 N–H and O–H groups in total. The summed E-state index contributed by atoms with van der Waals surface area (Å²) in [6.45, 7) is 6.46. The number of aromatic nitrogens is 3. The second-order valence-corrected chi connectivity index (χ2v) is 4.02. The Morgan fingerprint density at radius 1 is 1.46 bits per heavy atom. The fraction of sp³-hybridized carbons (Fsp3) is 0.778. The summed E-state index contributed by atoms with van der Waals surface area (Å²) in [5.74, 6) is 3.15. The van der Waals surface area contributed by atoms with Gasteiger partial charge in [0.05, 0.1) is 0 Å². The van der Waals surface area contributed by atoms with Crippen molar-refractivity contribution in [1.82, 2.24) is 20.5 Å². The van der Waals surface area contributed by atoms with E-state index in [1.54, 1.807) is 0 Å². The van der Waals surface area contributed by atoms with E-state index in [1.165, 1.54) is 0 Å². The van der Waals surface area contributed by atoms with Crippen molar-refractivity contribution >= 4 is 0 Å². The molecule has 0 saturated carbocycles. The van der Waals surface area contributed by atoms with Crippen LogP contribution in [-0.2, 0) is 6.42 Å². The maximum Gasteiger partial charge on any atom is 0.153 e. The normalized spacial score (nSPS) is 17.8. The summed E-state index contributed by atoms with van der Waals surface area (Å²) in [7, 11) is 0. The predicted molar refractivity (Wildman–Crippen MR) is 50.5 cm³/mol. The smallest absolute Gasteiger partial charge is 0.153 e. The van der Waals surface area contributed by atoms with Crippen LogP contribution >= 0.6 is 0 Å². The summed E-state index contributed by atoms with van der Waals surface area (Å²) >= 11 is 0. The number of H-pyrrole nitrogens is 1. The molecule has 2 rings (SSSR count). The van der Waals surface area contributed by atoms with Crippen LogP contribution in [0.3, 0.4) is 0 Å². The van der Waals surface area contributed by atoms with Crippen LogP contribution in [0.1, 0.15) is 31.4 Å². The molecule has 0 unspecified atom stereocenters. The van der Waals surface area contributed by atoms with E-state index >= 15 is 0 Å². The maximum absolute atomic E-state index is 4.44. The summed E-state index contributed by atoms with van der Waals surface area (Å²) in [5.41, 5.74) is 0. The highest BCUT2D eigenvalue weighted by Crippen LogP contribution is 2.12. The minimum absolute atomic E-state index is 0.421. The van der Waals surface area contributed by atoms with Gasteiger partial charge in [-0.25, -0.2) is 4.98 Å². The van der Waals surface area contributed by atoms with Crippen molar-refractivity contribution in [1.29, 1.82) is 0 Å². The lowest BCUT2D eigenvalue weighted by molar-refractivity contribution is 0.341. The Morgan fingerprint density at radius 2 is 2.23 bits per heavy atom. The van der Waals surface area contributed by atoms with E-state index in [9.17, 15) is 0 Å². The van der Waals surface area contributed by atoms with Crippen molar-refractivity contribution in [3.63, 3.8) is 0 Å². The van der Waals surface area contributed by atoms with Crippen LogP contribution in [-0.4, -0.2) is 28.3 Å². The van der Waals surface area contributed by atoms with Crippen LogP contribution in [0.15, 0.2) is 0 Å². The molecule has 0 amide bonds. The van der Waals surface area contributed by atoms with E-state index < -0.39 is 0 Å². The Balaban J connectivity index is 1.96. The number of hydrogen-bond acceptors (Lipinski definition) is 3. The van der Waals surface area contributed by atoms with Crippen molar-refractivity contribution < 1.29 is 0 Å². The Bertz CT molecular complexity index is 275. The van der Waals surface area contributed by atoms with E-state index in [2.05, 4.69) is 34.3 Å². The molecule has 1 fully saturated rings. The van der Waals surface area contributed by atoms with Crippen LogP contribution in [0.2, 0.25) is 0 Å². The molecular weight excluding hydrogens is 164 g/mol. The van der Waals surface area contributed by atoms with Crippen LogP contribution in [0, 0.1) is 5.92 Å². The zero-order chi connectivity index (χ0) is 9.26. The molecule has 1 aromatic rings. The van der Waals surface area contributed by atoms with Crippen molar-refractivity contribution in [3.05, 3.63) is 11.6 Å². The highest BCUT2D eigenvalue weighted by atomic mass is 15.2. The van der Waals surface area contributed by atoms with E-state index in [0.29, 0.717) is 5.92 Å². The van der Waals surface area contributed by atoms with E-state index in [-0.39, 0.29) is 0 Å². The molecule has 1 saturated heterocycles. The predicted octanol–water partition coefficient (Wildman–Crippen LogP) is 0.690. The molecule has 13 heavy (non-hydrogen) atoms. The first kappa shape index (κ1) is 8.69. The maximum atomic E-state index is 4.44. The third-order valence-electron chi connectivity index (χ3n) is 2.41. The first-order valence-electron chi connectivity index (χ1n) is 4.87. The summed E-state index contributed by atoms with van der Waals surface area (Å²) in [6.07, 6.45) is 1.03. The summed E-state index contributed by atoms with van der Waals surface area (Å²) in [5, 5.41) is 10.4. The van der Waals surface area contributed by atoms with Gasteiger partial charge in [0.2, 0.25) is 0 Å². The molecule has 0 aliphatic carbocycles. The largest absolute Gasteiger partial charge is 0.316 e. The average Bonchev–Trinajstić information content (AvgIpc) is 2.44. The van der Waals surface area contributed by atoms with E-state index in [1.807, 2.05) is 0 Å². The van der Waals surface area contributed by atoms with Gasteiger partial charge in [0.1, 0.15) is 5.82 Å². The molecule has 1 aliphatic rings. The van der Waals surface area contributed by atoms with E-state index in [0.717, 1.165) is 37.1 Å². The molecule has 4 heteroatoms. The second-order valence-electron chi connectivity index (χ2n) is 4.02. The lowest BCUT2D eigenvalue weighted by Crippen LogP contribution is -2.43. The number of aromatic amines is 1. The van der Waals surface area contributed by atoms with Crippen molar-refractivity contribution in [2.75, 3.05) is 13.1 Å². The van der Waals surface area contributed by atoms with Gasteiger partial charge in [-0.15, -0.1) is 0 Å². The van der Waals surface area contributed by atoms with Gasteiger partial charge in [-0.2, -0.15) is 5.10 Å². The van der Waals surface area contributed by atoms with Crippen LogP contribution in [0.5, 0.6) is 0 Å². The highest BCUT2D eigenvalue weighted by Gasteiger charge is 2.19. The third-order valence-corrected chi connectivity index (χ3v) is 2.41. The zero-order valence-corrected chi connectivity index (χ0v) is 8.17. The Hall–Kier alpha value is -0.900. The van der Waals surface area contributed by atoms with Crippen molar-refractivity contribution in [2.24, 2.45) is 5.92 Å². The molecule has 1 aromatic heterocycles. The van der Waals surface area contributed by atoms with Crippen molar-refractivity contribution in [3.8, 4) is 0 Å². The molecule has 1 aliphatic heterocycles. The SMILES string of the molecule is CC(C)c1n[nH]c(CC2CNC2)n1. The van der Waals surface area contributed by atoms with Gasteiger partial charge in [-0.3, -0.25) is 5.10 Å².